The zero-order valence-corrected chi connectivity index (χ0v) is 22.3. The standard InChI is InChI=1S/C25H28ClN3OS.C2H2O4/c1-3-23(30)29(22-11-9-21(26)10-12-22)25(24-27-19(2)18-31-24)13-15-28(16-14-25)17-20-7-5-4-6-8-20;3-1(4)2(5)6/h4-12,18H,3,13-17H2,1-2H3;(H,3,4)(H,5,6). The Bertz CT molecular complexity index is 1200. The number of hydrogen-bond acceptors (Lipinski definition) is 6. The van der Waals surface area contributed by atoms with Gasteiger partial charge in [-0.15, -0.1) is 11.3 Å². The third-order valence-electron chi connectivity index (χ3n) is 6.20. The molecule has 8 nitrogen and oxygen atoms in total. The van der Waals surface area contributed by atoms with Gasteiger partial charge in [0.15, 0.2) is 0 Å². The van der Waals surface area contributed by atoms with Crippen molar-refractivity contribution in [1.29, 1.82) is 0 Å². The normalized spacial score (nSPS) is 14.8. The second-order valence-corrected chi connectivity index (χ2v) is 10.1. The van der Waals surface area contributed by atoms with Crippen molar-refractivity contribution in [1.82, 2.24) is 9.88 Å². The predicted molar refractivity (Wildman–Crippen MR) is 144 cm³/mol. The number of hydrogen-bond donors (Lipinski definition) is 2. The van der Waals surface area contributed by atoms with E-state index >= 15 is 0 Å². The predicted octanol–water partition coefficient (Wildman–Crippen LogP) is 5.20. The lowest BCUT2D eigenvalue weighted by Gasteiger charge is -2.47. The second kappa shape index (κ2) is 12.8. The van der Waals surface area contributed by atoms with E-state index in [0.29, 0.717) is 11.4 Å². The SMILES string of the molecule is CCC(=O)N(c1ccc(Cl)cc1)C1(c2nc(C)cs2)CCN(Cc2ccccc2)CC1.O=C(O)C(=O)O. The van der Waals surface area contributed by atoms with Crippen molar-refractivity contribution in [3.05, 3.63) is 81.3 Å². The average Bonchev–Trinajstić information content (AvgIpc) is 3.34. The van der Waals surface area contributed by atoms with Crippen LogP contribution in [0.4, 0.5) is 5.69 Å². The van der Waals surface area contributed by atoms with Crippen LogP contribution in [0.3, 0.4) is 0 Å². The number of aromatic nitrogens is 1. The lowest BCUT2D eigenvalue weighted by atomic mass is 9.84. The average molecular weight is 544 g/mol. The Morgan fingerprint density at radius 3 is 2.11 bits per heavy atom. The number of thiazole rings is 1. The molecule has 0 atom stereocenters. The first-order chi connectivity index (χ1) is 17.7. The molecule has 1 aromatic heterocycles. The molecule has 1 saturated heterocycles. The third kappa shape index (κ3) is 7.15. The molecule has 37 heavy (non-hydrogen) atoms. The summed E-state index contributed by atoms with van der Waals surface area (Å²) in [6, 6.07) is 18.2. The van der Waals surface area contributed by atoms with E-state index in [2.05, 4.69) is 40.6 Å². The van der Waals surface area contributed by atoms with Crippen LogP contribution < -0.4 is 4.90 Å². The Morgan fingerprint density at radius 2 is 1.62 bits per heavy atom. The molecule has 3 aromatic rings. The zero-order chi connectivity index (χ0) is 27.0. The van der Waals surface area contributed by atoms with Gasteiger partial charge < -0.3 is 10.2 Å². The van der Waals surface area contributed by atoms with Gasteiger partial charge in [-0.25, -0.2) is 14.6 Å². The number of piperidine rings is 1. The Hall–Kier alpha value is -3.27. The topological polar surface area (TPSA) is 111 Å². The summed E-state index contributed by atoms with van der Waals surface area (Å²) < 4.78 is 0. The van der Waals surface area contributed by atoms with Crippen molar-refractivity contribution in [2.45, 2.75) is 45.2 Å². The van der Waals surface area contributed by atoms with E-state index in [1.165, 1.54) is 5.56 Å². The van der Waals surface area contributed by atoms with Gasteiger partial charge in [-0.05, 0) is 49.6 Å². The Labute approximate surface area is 225 Å². The maximum absolute atomic E-state index is 13.3. The van der Waals surface area contributed by atoms with Crippen molar-refractivity contribution in [3.63, 3.8) is 0 Å². The van der Waals surface area contributed by atoms with E-state index in [9.17, 15) is 4.79 Å². The van der Waals surface area contributed by atoms with Gasteiger partial charge >= 0.3 is 11.9 Å². The van der Waals surface area contributed by atoms with E-state index in [0.717, 1.165) is 48.9 Å². The fourth-order valence-corrected chi connectivity index (χ4v) is 5.57. The number of rotatable bonds is 6. The number of nitrogens with zero attached hydrogens (tertiary/aromatic N) is 3. The molecule has 0 spiro atoms. The second-order valence-electron chi connectivity index (χ2n) is 8.76. The Morgan fingerprint density at radius 1 is 1.03 bits per heavy atom. The molecule has 0 aliphatic carbocycles. The number of carboxylic acids is 2. The molecule has 1 fully saturated rings. The fourth-order valence-electron chi connectivity index (χ4n) is 4.40. The highest BCUT2D eigenvalue weighted by Crippen LogP contribution is 2.43. The van der Waals surface area contributed by atoms with Crippen molar-refractivity contribution in [2.75, 3.05) is 18.0 Å². The minimum Gasteiger partial charge on any atom is -0.473 e. The van der Waals surface area contributed by atoms with E-state index in [1.807, 2.05) is 43.0 Å². The van der Waals surface area contributed by atoms with Crippen molar-refractivity contribution >= 4 is 46.5 Å². The lowest BCUT2D eigenvalue weighted by molar-refractivity contribution is -0.159. The summed E-state index contributed by atoms with van der Waals surface area (Å²) >= 11 is 7.81. The monoisotopic (exact) mass is 543 g/mol. The first-order valence-electron chi connectivity index (χ1n) is 11.9. The number of carboxylic acid groups (broad SMARTS) is 2. The van der Waals surface area contributed by atoms with Gasteiger partial charge in [-0.3, -0.25) is 14.6 Å². The molecular formula is C27H30ClN3O5S. The highest BCUT2D eigenvalue weighted by Gasteiger charge is 2.46. The fraction of sp³-hybridized carbons (Fsp3) is 0.333. The summed E-state index contributed by atoms with van der Waals surface area (Å²) in [5.41, 5.74) is 2.78. The summed E-state index contributed by atoms with van der Waals surface area (Å²) in [6.07, 6.45) is 2.14. The number of benzene rings is 2. The Balaban J connectivity index is 0.000000568. The zero-order valence-electron chi connectivity index (χ0n) is 20.8. The van der Waals surface area contributed by atoms with Crippen LogP contribution in [-0.4, -0.2) is 51.0 Å². The van der Waals surface area contributed by atoms with Gasteiger partial charge in [-0.1, -0.05) is 48.9 Å². The van der Waals surface area contributed by atoms with Crippen LogP contribution in [0.5, 0.6) is 0 Å². The molecule has 196 valence electrons. The van der Waals surface area contributed by atoms with Crippen LogP contribution in [0.15, 0.2) is 60.0 Å². The molecule has 2 heterocycles. The summed E-state index contributed by atoms with van der Waals surface area (Å²) in [4.78, 5) is 40.9. The van der Waals surface area contributed by atoms with Crippen LogP contribution >= 0.6 is 22.9 Å². The lowest BCUT2D eigenvalue weighted by Crippen LogP contribution is -2.55. The number of carbonyl (C=O) groups excluding carboxylic acids is 1. The first kappa shape index (κ1) is 28.3. The third-order valence-corrected chi connectivity index (χ3v) is 7.60. The van der Waals surface area contributed by atoms with Gasteiger partial charge in [0.2, 0.25) is 5.91 Å². The molecule has 4 rings (SSSR count). The first-order valence-corrected chi connectivity index (χ1v) is 13.2. The maximum Gasteiger partial charge on any atom is 0.414 e. The smallest absolute Gasteiger partial charge is 0.414 e. The minimum absolute atomic E-state index is 0.117. The number of carbonyl (C=O) groups is 3. The molecule has 0 unspecified atom stereocenters. The number of aliphatic carboxylic acids is 2. The van der Waals surface area contributed by atoms with Crippen LogP contribution in [-0.2, 0) is 26.5 Å². The van der Waals surface area contributed by atoms with Crippen molar-refractivity contribution < 1.29 is 24.6 Å². The Kier molecular flexibility index (Phi) is 9.79. The van der Waals surface area contributed by atoms with Crippen LogP contribution in [0.25, 0.3) is 0 Å². The minimum atomic E-state index is -1.82. The van der Waals surface area contributed by atoms with Crippen LogP contribution in [0, 0.1) is 6.92 Å². The van der Waals surface area contributed by atoms with E-state index in [1.54, 1.807) is 11.3 Å². The molecule has 1 amide bonds. The quantitative estimate of drug-likeness (QED) is 0.411. The molecule has 0 saturated carbocycles. The molecule has 0 bridgehead atoms. The van der Waals surface area contributed by atoms with E-state index < -0.39 is 17.5 Å². The number of amides is 1. The summed E-state index contributed by atoms with van der Waals surface area (Å²) in [5, 5.41) is 18.6. The largest absolute Gasteiger partial charge is 0.473 e. The summed E-state index contributed by atoms with van der Waals surface area (Å²) in [6.45, 7) is 6.70. The molecule has 2 N–H and O–H groups in total. The molecular weight excluding hydrogens is 514 g/mol. The number of anilines is 1. The van der Waals surface area contributed by atoms with Gasteiger partial charge in [0, 0.05) is 47.8 Å². The van der Waals surface area contributed by atoms with E-state index in [4.69, 9.17) is 36.4 Å². The van der Waals surface area contributed by atoms with Crippen molar-refractivity contribution in [2.24, 2.45) is 0 Å². The number of halogens is 1. The van der Waals surface area contributed by atoms with Gasteiger partial charge in [0.05, 0.1) is 0 Å². The van der Waals surface area contributed by atoms with Crippen LogP contribution in [0.1, 0.15) is 42.5 Å². The summed E-state index contributed by atoms with van der Waals surface area (Å²) in [7, 11) is 0. The highest BCUT2D eigenvalue weighted by molar-refractivity contribution is 7.09. The maximum atomic E-state index is 13.3. The van der Waals surface area contributed by atoms with Gasteiger partial charge in [0.1, 0.15) is 10.5 Å². The molecule has 10 heteroatoms. The molecule has 0 radical (unpaired) electrons. The van der Waals surface area contributed by atoms with Gasteiger partial charge in [-0.2, -0.15) is 0 Å². The number of aryl methyl sites for hydroxylation is 1. The van der Waals surface area contributed by atoms with E-state index in [-0.39, 0.29) is 5.91 Å². The van der Waals surface area contributed by atoms with Crippen LogP contribution in [0.2, 0.25) is 5.02 Å². The summed E-state index contributed by atoms with van der Waals surface area (Å²) in [5.74, 6) is -3.53. The highest BCUT2D eigenvalue weighted by atomic mass is 35.5. The number of likely N-dealkylation sites (tertiary alicyclic amines) is 1. The molecule has 1 aliphatic heterocycles. The molecule has 2 aromatic carbocycles. The van der Waals surface area contributed by atoms with Gasteiger partial charge in [0.25, 0.3) is 0 Å². The molecule has 1 aliphatic rings. The van der Waals surface area contributed by atoms with Crippen molar-refractivity contribution in [3.8, 4) is 0 Å².